The number of nitrogens with zero attached hydrogens (tertiary/aromatic N) is 1. The highest BCUT2D eigenvalue weighted by Crippen LogP contribution is 2.22. The first-order valence-corrected chi connectivity index (χ1v) is 9.47. The second-order valence-corrected chi connectivity index (χ2v) is 8.40. The molecule has 134 valence electrons. The topological polar surface area (TPSA) is 74.7 Å². The van der Waals surface area contributed by atoms with Crippen molar-refractivity contribution >= 4 is 27.6 Å². The van der Waals surface area contributed by atoms with Gasteiger partial charge in [-0.2, -0.15) is 4.31 Å². The molecule has 1 atom stereocenters. The van der Waals surface area contributed by atoms with Crippen LogP contribution < -0.4 is 0 Å². The van der Waals surface area contributed by atoms with E-state index >= 15 is 0 Å². The molecule has 0 heterocycles. The molecule has 7 heteroatoms. The number of aliphatic carboxylic acids is 1. The third-order valence-electron chi connectivity index (χ3n) is 4.14. The van der Waals surface area contributed by atoms with E-state index in [9.17, 15) is 18.3 Å². The van der Waals surface area contributed by atoms with Gasteiger partial charge in [0.25, 0.3) is 0 Å². The summed E-state index contributed by atoms with van der Waals surface area (Å²) in [5, 5.41) is 10.1. The summed E-state index contributed by atoms with van der Waals surface area (Å²) in [6.07, 6.45) is 0.0555. The largest absolute Gasteiger partial charge is 0.480 e. The Bertz CT molecular complexity index is 878. The summed E-state index contributed by atoms with van der Waals surface area (Å²) in [5.74, 6) is -1.20. The van der Waals surface area contributed by atoms with E-state index in [1.54, 1.807) is 30.3 Å². The minimum Gasteiger partial charge on any atom is -0.480 e. The van der Waals surface area contributed by atoms with Gasteiger partial charge < -0.3 is 5.11 Å². The van der Waals surface area contributed by atoms with Crippen molar-refractivity contribution < 1.29 is 18.3 Å². The van der Waals surface area contributed by atoms with Crippen molar-refractivity contribution in [2.45, 2.75) is 31.2 Å². The SMILES string of the molecule is Cc1ccc(S(=O)(=O)N(C)[C@@H](Cc2ccc(Cl)cc2C)C(=O)O)cc1. The predicted molar refractivity (Wildman–Crippen MR) is 97.4 cm³/mol. The Morgan fingerprint density at radius 2 is 1.76 bits per heavy atom. The van der Waals surface area contributed by atoms with Gasteiger partial charge in [-0.1, -0.05) is 35.4 Å². The van der Waals surface area contributed by atoms with Crippen molar-refractivity contribution in [3.63, 3.8) is 0 Å². The molecule has 0 aromatic heterocycles. The van der Waals surface area contributed by atoms with E-state index < -0.39 is 22.0 Å². The zero-order chi connectivity index (χ0) is 18.8. The Labute approximate surface area is 152 Å². The number of hydrogen-bond donors (Lipinski definition) is 1. The maximum Gasteiger partial charge on any atom is 0.322 e. The number of rotatable bonds is 6. The molecule has 0 spiro atoms. The lowest BCUT2D eigenvalue weighted by atomic mass is 10.0. The smallest absolute Gasteiger partial charge is 0.322 e. The van der Waals surface area contributed by atoms with Crippen molar-refractivity contribution in [2.75, 3.05) is 7.05 Å². The number of likely N-dealkylation sites (N-methyl/N-ethyl adjacent to an activating group) is 1. The number of carboxylic acids is 1. The molecule has 2 rings (SSSR count). The van der Waals surface area contributed by atoms with Crippen LogP contribution in [0, 0.1) is 13.8 Å². The molecule has 5 nitrogen and oxygen atoms in total. The maximum atomic E-state index is 12.8. The summed E-state index contributed by atoms with van der Waals surface area (Å²) in [7, 11) is -2.62. The van der Waals surface area contributed by atoms with E-state index in [2.05, 4.69) is 0 Å². The fourth-order valence-corrected chi connectivity index (χ4v) is 4.05. The molecule has 0 aliphatic rings. The van der Waals surface area contributed by atoms with Gasteiger partial charge >= 0.3 is 5.97 Å². The lowest BCUT2D eigenvalue weighted by Gasteiger charge is -2.25. The summed E-state index contributed by atoms with van der Waals surface area (Å²) in [4.78, 5) is 11.8. The number of hydrogen-bond acceptors (Lipinski definition) is 3. The van der Waals surface area contributed by atoms with E-state index in [1.165, 1.54) is 19.2 Å². The Hall–Kier alpha value is -1.89. The molecule has 0 radical (unpaired) electrons. The molecular weight excluding hydrogens is 362 g/mol. The van der Waals surface area contributed by atoms with Crippen LogP contribution in [-0.2, 0) is 21.2 Å². The molecule has 0 saturated carbocycles. The molecule has 2 aromatic carbocycles. The number of carbonyl (C=O) groups is 1. The second-order valence-electron chi connectivity index (χ2n) is 5.96. The Morgan fingerprint density at radius 3 is 2.28 bits per heavy atom. The van der Waals surface area contributed by atoms with Gasteiger partial charge in [0.1, 0.15) is 6.04 Å². The summed E-state index contributed by atoms with van der Waals surface area (Å²) >= 11 is 5.92. The van der Waals surface area contributed by atoms with Crippen LogP contribution in [0.25, 0.3) is 0 Å². The van der Waals surface area contributed by atoms with Gasteiger partial charge in [0, 0.05) is 12.1 Å². The van der Waals surface area contributed by atoms with Crippen molar-refractivity contribution in [1.82, 2.24) is 4.31 Å². The van der Waals surface area contributed by atoms with Crippen LogP contribution in [0.4, 0.5) is 0 Å². The summed E-state index contributed by atoms with van der Waals surface area (Å²) in [6.45, 7) is 3.66. The molecule has 0 bridgehead atoms. The predicted octanol–water partition coefficient (Wildman–Crippen LogP) is 3.27. The maximum absolute atomic E-state index is 12.8. The average molecular weight is 382 g/mol. The van der Waals surface area contributed by atoms with Crippen LogP contribution in [0.2, 0.25) is 5.02 Å². The summed E-state index contributed by atoms with van der Waals surface area (Å²) in [6, 6.07) is 10.2. The minimum atomic E-state index is -3.91. The van der Waals surface area contributed by atoms with Crippen molar-refractivity contribution in [1.29, 1.82) is 0 Å². The first kappa shape index (κ1) is 19.4. The molecular formula is C18H20ClNO4S. The Balaban J connectivity index is 2.35. The molecule has 0 saturated heterocycles. The van der Waals surface area contributed by atoms with E-state index in [0.717, 1.165) is 21.0 Å². The van der Waals surface area contributed by atoms with Gasteiger partial charge in [-0.15, -0.1) is 0 Å². The third kappa shape index (κ3) is 4.39. The summed E-state index contributed by atoms with van der Waals surface area (Å²) in [5.41, 5.74) is 2.48. The zero-order valence-corrected chi connectivity index (χ0v) is 15.8. The van der Waals surface area contributed by atoms with Gasteiger partial charge in [-0.3, -0.25) is 4.79 Å². The van der Waals surface area contributed by atoms with Gasteiger partial charge in [-0.05, 0) is 55.7 Å². The Morgan fingerprint density at radius 1 is 1.16 bits per heavy atom. The van der Waals surface area contributed by atoms with E-state index in [-0.39, 0.29) is 11.3 Å². The molecule has 0 amide bonds. The molecule has 0 aliphatic heterocycles. The fourth-order valence-electron chi connectivity index (χ4n) is 2.51. The number of halogens is 1. The van der Waals surface area contributed by atoms with Gasteiger partial charge in [0.2, 0.25) is 10.0 Å². The quantitative estimate of drug-likeness (QED) is 0.833. The number of aryl methyl sites for hydroxylation is 2. The lowest BCUT2D eigenvalue weighted by molar-refractivity contribution is -0.141. The first-order valence-electron chi connectivity index (χ1n) is 7.65. The number of carboxylic acid groups (broad SMARTS) is 1. The zero-order valence-electron chi connectivity index (χ0n) is 14.2. The monoisotopic (exact) mass is 381 g/mol. The molecule has 25 heavy (non-hydrogen) atoms. The van der Waals surface area contributed by atoms with Crippen molar-refractivity contribution in [3.05, 3.63) is 64.2 Å². The minimum absolute atomic E-state index is 0.0555. The molecule has 0 fully saturated rings. The van der Waals surface area contributed by atoms with Gasteiger partial charge in [0.05, 0.1) is 4.90 Å². The molecule has 1 N–H and O–H groups in total. The van der Waals surface area contributed by atoms with Gasteiger partial charge in [-0.25, -0.2) is 8.42 Å². The normalized spacial score (nSPS) is 13.0. The van der Waals surface area contributed by atoms with E-state index in [1.807, 2.05) is 13.8 Å². The third-order valence-corrected chi connectivity index (χ3v) is 6.26. The molecule has 0 aliphatic carbocycles. The second kappa shape index (κ2) is 7.56. The van der Waals surface area contributed by atoms with Crippen LogP contribution in [0.3, 0.4) is 0 Å². The number of sulfonamides is 1. The van der Waals surface area contributed by atoms with Crippen LogP contribution in [-0.4, -0.2) is 36.9 Å². The van der Waals surface area contributed by atoms with Crippen LogP contribution in [0.5, 0.6) is 0 Å². The first-order chi connectivity index (χ1) is 11.6. The van der Waals surface area contributed by atoms with Gasteiger partial charge in [0.15, 0.2) is 0 Å². The van der Waals surface area contributed by atoms with Crippen LogP contribution >= 0.6 is 11.6 Å². The number of benzene rings is 2. The molecule has 0 unspecified atom stereocenters. The molecule has 2 aromatic rings. The average Bonchev–Trinajstić information content (AvgIpc) is 2.53. The van der Waals surface area contributed by atoms with Crippen LogP contribution in [0.15, 0.2) is 47.4 Å². The highest BCUT2D eigenvalue weighted by Gasteiger charge is 2.33. The van der Waals surface area contributed by atoms with Crippen molar-refractivity contribution in [3.8, 4) is 0 Å². The standard InChI is InChI=1S/C18H20ClNO4S/c1-12-4-8-16(9-5-12)25(23,24)20(3)17(18(21)22)11-14-6-7-15(19)10-13(14)2/h4-10,17H,11H2,1-3H3,(H,21,22)/t17-/m0/s1. The Kier molecular flexibility index (Phi) is 5.87. The lowest BCUT2D eigenvalue weighted by Crippen LogP contribution is -2.43. The summed E-state index contributed by atoms with van der Waals surface area (Å²) < 4.78 is 26.4. The van der Waals surface area contributed by atoms with E-state index in [4.69, 9.17) is 11.6 Å². The highest BCUT2D eigenvalue weighted by molar-refractivity contribution is 7.89. The highest BCUT2D eigenvalue weighted by atomic mass is 35.5. The van der Waals surface area contributed by atoms with E-state index in [0.29, 0.717) is 5.02 Å². The van der Waals surface area contributed by atoms with Crippen LogP contribution in [0.1, 0.15) is 16.7 Å². The fraction of sp³-hybridized carbons (Fsp3) is 0.278. The van der Waals surface area contributed by atoms with Crippen molar-refractivity contribution in [2.24, 2.45) is 0 Å².